The third kappa shape index (κ3) is 3.85. The van der Waals surface area contributed by atoms with Crippen molar-refractivity contribution >= 4 is 34.2 Å². The van der Waals surface area contributed by atoms with Crippen molar-refractivity contribution in [3.63, 3.8) is 0 Å². The van der Waals surface area contributed by atoms with Crippen LogP contribution < -0.4 is 5.32 Å². The molecule has 0 aromatic heterocycles. The van der Waals surface area contributed by atoms with Crippen LogP contribution in [0.4, 0.5) is 0 Å². The van der Waals surface area contributed by atoms with Gasteiger partial charge in [0.2, 0.25) is 5.91 Å². The van der Waals surface area contributed by atoms with Crippen molar-refractivity contribution in [1.29, 1.82) is 0 Å². The van der Waals surface area contributed by atoms with Crippen LogP contribution in [0.25, 0.3) is 0 Å². The first-order valence-corrected chi connectivity index (χ1v) is 8.21. The second-order valence-electron chi connectivity index (χ2n) is 5.21. The van der Waals surface area contributed by atoms with Crippen LogP contribution >= 0.6 is 24.0 Å². The van der Waals surface area contributed by atoms with E-state index >= 15 is 0 Å². The fraction of sp³-hybridized carbons (Fsp3) is 0.846. The number of thioether (sulfide) groups is 1. The molecule has 1 atom stereocenters. The molecule has 0 radical (unpaired) electrons. The minimum atomic E-state index is -0.0706. The average molecular weight is 286 g/mol. The molecule has 1 saturated heterocycles. The number of amides is 1. The number of nitrogens with one attached hydrogen (secondary N) is 1. The largest absolute Gasteiger partial charge is 0.358 e. The summed E-state index contributed by atoms with van der Waals surface area (Å²) in [6.45, 7) is 4.07. The van der Waals surface area contributed by atoms with E-state index in [4.69, 9.17) is 12.2 Å². The Balaban J connectivity index is 1.73. The van der Waals surface area contributed by atoms with Crippen LogP contribution in [0.5, 0.6) is 0 Å². The number of nitrogens with zero attached hydrogens (tertiary/aromatic N) is 1. The van der Waals surface area contributed by atoms with Crippen molar-refractivity contribution in [2.45, 2.75) is 56.7 Å². The smallest absolute Gasteiger partial charge is 0.233 e. The molecular weight excluding hydrogens is 264 g/mol. The van der Waals surface area contributed by atoms with E-state index in [1.54, 1.807) is 0 Å². The molecule has 0 aromatic rings. The molecule has 2 fully saturated rings. The predicted molar refractivity (Wildman–Crippen MR) is 80.9 cm³/mol. The van der Waals surface area contributed by atoms with E-state index in [-0.39, 0.29) is 11.2 Å². The zero-order chi connectivity index (χ0) is 13.0. The summed E-state index contributed by atoms with van der Waals surface area (Å²) in [5.41, 5.74) is 0. The number of hydrogen-bond acceptors (Lipinski definition) is 3. The Hall–Kier alpha value is -0.290. The number of thiocarbonyl (C=S) groups is 1. The zero-order valence-corrected chi connectivity index (χ0v) is 12.6. The maximum atomic E-state index is 12.0. The molecule has 1 saturated carbocycles. The molecule has 0 spiro atoms. The standard InChI is InChI=1S/C13H22N2OS2/c1-10(12(16)14-11-6-2-3-7-11)18-13(17)15-8-4-5-9-15/h10-11H,2-9H2,1H3,(H,14,16). The number of carbonyl (C=O) groups excluding carboxylic acids is 1. The first-order chi connectivity index (χ1) is 8.66. The Labute approximate surface area is 119 Å². The van der Waals surface area contributed by atoms with Gasteiger partial charge in [0.15, 0.2) is 0 Å². The van der Waals surface area contributed by atoms with Crippen molar-refractivity contribution in [3.05, 3.63) is 0 Å². The van der Waals surface area contributed by atoms with Crippen molar-refractivity contribution in [2.75, 3.05) is 13.1 Å². The van der Waals surface area contributed by atoms with Crippen molar-refractivity contribution < 1.29 is 4.79 Å². The van der Waals surface area contributed by atoms with Crippen LogP contribution in [0.15, 0.2) is 0 Å². The van der Waals surface area contributed by atoms with Gasteiger partial charge >= 0.3 is 0 Å². The van der Waals surface area contributed by atoms with Crippen LogP contribution in [0, 0.1) is 0 Å². The first-order valence-electron chi connectivity index (χ1n) is 6.93. The fourth-order valence-electron chi connectivity index (χ4n) is 2.57. The molecule has 5 heteroatoms. The Morgan fingerprint density at radius 3 is 2.50 bits per heavy atom. The third-order valence-corrected chi connectivity index (χ3v) is 5.29. The molecule has 18 heavy (non-hydrogen) atoms. The summed E-state index contributed by atoms with van der Waals surface area (Å²) in [6.07, 6.45) is 7.23. The lowest BCUT2D eigenvalue weighted by Crippen LogP contribution is -2.39. The molecule has 102 valence electrons. The van der Waals surface area contributed by atoms with Crippen LogP contribution in [-0.4, -0.2) is 39.5 Å². The first kappa shape index (κ1) is 14.1. The molecule has 2 rings (SSSR count). The van der Waals surface area contributed by atoms with Gasteiger partial charge in [0, 0.05) is 19.1 Å². The van der Waals surface area contributed by atoms with Gasteiger partial charge in [-0.25, -0.2) is 0 Å². The molecule has 1 amide bonds. The number of hydrogen-bond donors (Lipinski definition) is 1. The van der Waals surface area contributed by atoms with Gasteiger partial charge in [0.05, 0.1) is 5.25 Å². The maximum absolute atomic E-state index is 12.0. The van der Waals surface area contributed by atoms with Gasteiger partial charge in [0.1, 0.15) is 4.32 Å². The highest BCUT2D eigenvalue weighted by atomic mass is 32.2. The van der Waals surface area contributed by atoms with E-state index in [0.29, 0.717) is 6.04 Å². The summed E-state index contributed by atoms with van der Waals surface area (Å²) in [7, 11) is 0. The normalized spacial score (nSPS) is 22.2. The van der Waals surface area contributed by atoms with Gasteiger partial charge in [-0.3, -0.25) is 4.79 Å². The SMILES string of the molecule is CC(SC(=S)N1CCCC1)C(=O)NC1CCCC1. The van der Waals surface area contributed by atoms with Crippen LogP contribution in [0.3, 0.4) is 0 Å². The van der Waals surface area contributed by atoms with Crippen LogP contribution in [0.2, 0.25) is 0 Å². The van der Waals surface area contributed by atoms with Crippen molar-refractivity contribution in [2.24, 2.45) is 0 Å². The minimum absolute atomic E-state index is 0.0706. The van der Waals surface area contributed by atoms with Gasteiger partial charge in [-0.1, -0.05) is 36.8 Å². The summed E-state index contributed by atoms with van der Waals surface area (Å²) in [5.74, 6) is 0.147. The van der Waals surface area contributed by atoms with Gasteiger partial charge in [-0.15, -0.1) is 0 Å². The average Bonchev–Trinajstić information content (AvgIpc) is 3.01. The second-order valence-corrected chi connectivity index (χ2v) is 7.18. The number of likely N-dealkylation sites (tertiary alicyclic amines) is 1. The number of rotatable bonds is 3. The van der Waals surface area contributed by atoms with Gasteiger partial charge < -0.3 is 10.2 Å². The van der Waals surface area contributed by atoms with E-state index in [1.807, 2.05) is 6.92 Å². The summed E-state index contributed by atoms with van der Waals surface area (Å²) in [4.78, 5) is 14.3. The number of carbonyl (C=O) groups is 1. The minimum Gasteiger partial charge on any atom is -0.358 e. The highest BCUT2D eigenvalue weighted by Gasteiger charge is 2.24. The van der Waals surface area contributed by atoms with Crippen LogP contribution in [0.1, 0.15) is 45.4 Å². The molecule has 0 bridgehead atoms. The molecule has 1 N–H and O–H groups in total. The predicted octanol–water partition coefficient (Wildman–Crippen LogP) is 2.55. The monoisotopic (exact) mass is 286 g/mol. The lowest BCUT2D eigenvalue weighted by molar-refractivity contribution is -0.120. The van der Waals surface area contributed by atoms with Gasteiger partial charge in [-0.05, 0) is 32.6 Å². The Morgan fingerprint density at radius 2 is 1.89 bits per heavy atom. The van der Waals surface area contributed by atoms with E-state index in [0.717, 1.165) is 30.3 Å². The third-order valence-electron chi connectivity index (χ3n) is 3.71. The quantitative estimate of drug-likeness (QED) is 0.808. The Morgan fingerprint density at radius 1 is 1.28 bits per heavy atom. The van der Waals surface area contributed by atoms with E-state index in [1.165, 1.54) is 37.4 Å². The fourth-order valence-corrected chi connectivity index (χ4v) is 3.99. The van der Waals surface area contributed by atoms with Crippen LogP contribution in [-0.2, 0) is 4.79 Å². The molecule has 1 unspecified atom stereocenters. The van der Waals surface area contributed by atoms with Crippen molar-refractivity contribution in [3.8, 4) is 0 Å². The summed E-state index contributed by atoms with van der Waals surface area (Å²) in [6, 6.07) is 0.404. The highest BCUT2D eigenvalue weighted by Crippen LogP contribution is 2.22. The van der Waals surface area contributed by atoms with E-state index in [2.05, 4.69) is 10.2 Å². The van der Waals surface area contributed by atoms with Crippen molar-refractivity contribution in [1.82, 2.24) is 10.2 Å². The highest BCUT2D eigenvalue weighted by molar-refractivity contribution is 8.23. The molecule has 1 aliphatic heterocycles. The zero-order valence-electron chi connectivity index (χ0n) is 11.0. The van der Waals surface area contributed by atoms with Gasteiger partial charge in [-0.2, -0.15) is 0 Å². The molecular formula is C13H22N2OS2. The molecule has 2 aliphatic rings. The summed E-state index contributed by atoms with van der Waals surface area (Å²) >= 11 is 6.93. The molecule has 1 aliphatic carbocycles. The Kier molecular flexibility index (Phi) is 5.30. The summed E-state index contributed by atoms with van der Waals surface area (Å²) < 4.78 is 0.890. The molecule has 0 aromatic carbocycles. The molecule has 1 heterocycles. The lowest BCUT2D eigenvalue weighted by Gasteiger charge is -2.21. The topological polar surface area (TPSA) is 32.3 Å². The van der Waals surface area contributed by atoms with E-state index in [9.17, 15) is 4.79 Å². The summed E-state index contributed by atoms with van der Waals surface area (Å²) in [5, 5.41) is 3.07. The lowest BCUT2D eigenvalue weighted by atomic mass is 10.2. The van der Waals surface area contributed by atoms with E-state index < -0.39 is 0 Å². The molecule has 3 nitrogen and oxygen atoms in total. The Bertz CT molecular complexity index is 310. The van der Waals surface area contributed by atoms with Gasteiger partial charge in [0.25, 0.3) is 0 Å². The maximum Gasteiger partial charge on any atom is 0.233 e. The second kappa shape index (κ2) is 6.75.